The number of pyridine rings is 1. The van der Waals surface area contributed by atoms with Gasteiger partial charge in [0.15, 0.2) is 0 Å². The van der Waals surface area contributed by atoms with Gasteiger partial charge in [-0.05, 0) is 34.8 Å². The van der Waals surface area contributed by atoms with E-state index in [-0.39, 0.29) is 42.2 Å². The van der Waals surface area contributed by atoms with Crippen molar-refractivity contribution in [3.8, 4) is 0 Å². The first-order chi connectivity index (χ1) is 11.0. The molecule has 1 aliphatic heterocycles. The van der Waals surface area contributed by atoms with Gasteiger partial charge in [-0.25, -0.2) is 0 Å². The molecule has 134 valence electrons. The van der Waals surface area contributed by atoms with Gasteiger partial charge in [-0.1, -0.05) is 0 Å². The number of piperidine rings is 1. The fourth-order valence-electron chi connectivity index (χ4n) is 2.63. The molecule has 1 unspecified atom stereocenters. The molecule has 1 aromatic rings. The molecule has 2 heterocycles. The number of halogens is 2. The second-order valence-electron chi connectivity index (χ2n) is 5.57. The van der Waals surface area contributed by atoms with E-state index in [2.05, 4.69) is 21.2 Å². The van der Waals surface area contributed by atoms with Crippen molar-refractivity contribution in [3.63, 3.8) is 0 Å². The molecule has 24 heavy (non-hydrogen) atoms. The number of carbonyl (C=O) groups excluding carboxylic acids is 2. The highest BCUT2D eigenvalue weighted by Gasteiger charge is 2.28. The highest BCUT2D eigenvalue weighted by molar-refractivity contribution is 9.10. The van der Waals surface area contributed by atoms with E-state index in [0.29, 0.717) is 26.2 Å². The number of likely N-dealkylation sites (tertiary alicyclic amines) is 1. The van der Waals surface area contributed by atoms with E-state index in [1.165, 1.54) is 10.6 Å². The molecule has 0 bridgehead atoms. The van der Waals surface area contributed by atoms with Crippen molar-refractivity contribution in [2.45, 2.75) is 19.4 Å². The van der Waals surface area contributed by atoms with Crippen LogP contribution in [0.2, 0.25) is 0 Å². The van der Waals surface area contributed by atoms with Crippen molar-refractivity contribution in [1.82, 2.24) is 14.8 Å². The van der Waals surface area contributed by atoms with Gasteiger partial charge in [-0.2, -0.15) is 0 Å². The molecule has 1 aromatic heterocycles. The predicted octanol–water partition coefficient (Wildman–Crippen LogP) is 0.346. The number of amides is 2. The number of hydrogen-bond acceptors (Lipinski definition) is 4. The molecular formula is C15H22BrClN4O3. The maximum absolute atomic E-state index is 12.4. The van der Waals surface area contributed by atoms with E-state index in [0.717, 1.165) is 17.3 Å². The average molecular weight is 422 g/mol. The van der Waals surface area contributed by atoms with Crippen LogP contribution in [0.3, 0.4) is 0 Å². The molecule has 0 radical (unpaired) electrons. The van der Waals surface area contributed by atoms with E-state index < -0.39 is 0 Å². The van der Waals surface area contributed by atoms with Crippen LogP contribution >= 0.6 is 28.3 Å². The van der Waals surface area contributed by atoms with Gasteiger partial charge in [-0.3, -0.25) is 14.4 Å². The quantitative estimate of drug-likeness (QED) is 0.717. The van der Waals surface area contributed by atoms with E-state index in [9.17, 15) is 14.4 Å². The fraction of sp³-hybridized carbons (Fsp3) is 0.533. The van der Waals surface area contributed by atoms with Crippen LogP contribution in [0, 0.1) is 5.92 Å². The Balaban J connectivity index is 0.00000288. The van der Waals surface area contributed by atoms with E-state index in [1.54, 1.807) is 17.2 Å². The zero-order valence-electron chi connectivity index (χ0n) is 13.2. The van der Waals surface area contributed by atoms with Crippen LogP contribution in [0.15, 0.2) is 27.6 Å². The molecule has 7 nitrogen and oxygen atoms in total. The Labute approximate surface area is 155 Å². The van der Waals surface area contributed by atoms with Crippen molar-refractivity contribution in [2.75, 3.05) is 26.2 Å². The van der Waals surface area contributed by atoms with Gasteiger partial charge in [0.05, 0.1) is 5.92 Å². The Morgan fingerprint density at radius 3 is 2.83 bits per heavy atom. The maximum atomic E-state index is 12.4. The molecule has 9 heteroatoms. The normalized spacial score (nSPS) is 17.1. The van der Waals surface area contributed by atoms with Gasteiger partial charge in [0.25, 0.3) is 5.56 Å². The van der Waals surface area contributed by atoms with Crippen molar-refractivity contribution < 1.29 is 9.59 Å². The molecule has 2 rings (SSSR count). The van der Waals surface area contributed by atoms with Crippen molar-refractivity contribution in [1.29, 1.82) is 0 Å². The van der Waals surface area contributed by atoms with E-state index in [1.807, 2.05) is 0 Å². The SMILES string of the molecule is Cl.NCCNC(=O)C1CCCN(C(=O)Cn2cc(Br)ccc2=O)C1. The van der Waals surface area contributed by atoms with Crippen molar-refractivity contribution >= 4 is 40.2 Å². The minimum absolute atomic E-state index is 0. The summed E-state index contributed by atoms with van der Waals surface area (Å²) in [4.78, 5) is 37.9. The summed E-state index contributed by atoms with van der Waals surface area (Å²) in [7, 11) is 0. The van der Waals surface area contributed by atoms with Crippen molar-refractivity contribution in [3.05, 3.63) is 33.2 Å². The molecular weight excluding hydrogens is 400 g/mol. The van der Waals surface area contributed by atoms with E-state index in [4.69, 9.17) is 5.73 Å². The van der Waals surface area contributed by atoms with E-state index >= 15 is 0 Å². The van der Waals surface area contributed by atoms with Crippen LogP contribution in [-0.2, 0) is 16.1 Å². The van der Waals surface area contributed by atoms with Crippen LogP contribution in [0.1, 0.15) is 12.8 Å². The Bertz CT molecular complexity index is 637. The minimum Gasteiger partial charge on any atom is -0.355 e. The molecule has 1 saturated heterocycles. The Morgan fingerprint density at radius 1 is 1.38 bits per heavy atom. The Hall–Kier alpha value is -1.38. The van der Waals surface area contributed by atoms with Gasteiger partial charge >= 0.3 is 0 Å². The summed E-state index contributed by atoms with van der Waals surface area (Å²) >= 11 is 3.29. The summed E-state index contributed by atoms with van der Waals surface area (Å²) < 4.78 is 2.10. The summed E-state index contributed by atoms with van der Waals surface area (Å²) in [5.74, 6) is -0.424. The highest BCUT2D eigenvalue weighted by atomic mass is 79.9. The standard InChI is InChI=1S/C15H21BrN4O3.ClH/c16-12-3-4-13(21)20(9-12)10-14(22)19-7-1-2-11(8-19)15(23)18-6-5-17;/h3-4,9,11H,1-2,5-8,10,17H2,(H,18,23);1H. The molecule has 0 aliphatic carbocycles. The number of carbonyl (C=O) groups is 2. The molecule has 1 fully saturated rings. The summed E-state index contributed by atoms with van der Waals surface area (Å²) in [6, 6.07) is 3.05. The van der Waals surface area contributed by atoms with Gasteiger partial charge in [-0.15, -0.1) is 12.4 Å². The number of hydrogen-bond donors (Lipinski definition) is 2. The lowest BCUT2D eigenvalue weighted by molar-refractivity contribution is -0.136. The van der Waals surface area contributed by atoms with Gasteiger partial charge in [0.1, 0.15) is 6.54 Å². The van der Waals surface area contributed by atoms with Crippen LogP contribution in [-0.4, -0.2) is 47.5 Å². The van der Waals surface area contributed by atoms with Crippen LogP contribution in [0.4, 0.5) is 0 Å². The third kappa shape index (κ3) is 5.61. The third-order valence-electron chi connectivity index (χ3n) is 3.84. The lowest BCUT2D eigenvalue weighted by Gasteiger charge is -2.32. The fourth-order valence-corrected chi connectivity index (χ4v) is 3.01. The van der Waals surface area contributed by atoms with Gasteiger partial charge in [0, 0.05) is 42.9 Å². The zero-order chi connectivity index (χ0) is 16.8. The highest BCUT2D eigenvalue weighted by Crippen LogP contribution is 2.17. The van der Waals surface area contributed by atoms with Gasteiger partial charge < -0.3 is 20.5 Å². The lowest BCUT2D eigenvalue weighted by atomic mass is 9.97. The van der Waals surface area contributed by atoms with Crippen LogP contribution in [0.5, 0.6) is 0 Å². The Kier molecular flexibility index (Phi) is 8.44. The summed E-state index contributed by atoms with van der Waals surface area (Å²) in [5, 5.41) is 2.76. The van der Waals surface area contributed by atoms with Crippen LogP contribution in [0.25, 0.3) is 0 Å². The van der Waals surface area contributed by atoms with Crippen molar-refractivity contribution in [2.24, 2.45) is 11.7 Å². The lowest BCUT2D eigenvalue weighted by Crippen LogP contribution is -2.47. The number of rotatable bonds is 5. The monoisotopic (exact) mass is 420 g/mol. The second-order valence-corrected chi connectivity index (χ2v) is 6.49. The zero-order valence-corrected chi connectivity index (χ0v) is 15.6. The molecule has 2 amide bonds. The second kappa shape index (κ2) is 9.80. The Morgan fingerprint density at radius 2 is 2.12 bits per heavy atom. The summed E-state index contributed by atoms with van der Waals surface area (Å²) in [6.45, 7) is 1.82. The first-order valence-electron chi connectivity index (χ1n) is 7.63. The van der Waals surface area contributed by atoms with Gasteiger partial charge in [0.2, 0.25) is 11.8 Å². The molecule has 0 saturated carbocycles. The van der Waals surface area contributed by atoms with Crippen LogP contribution < -0.4 is 16.6 Å². The number of nitrogens with two attached hydrogens (primary N) is 1. The summed E-state index contributed by atoms with van der Waals surface area (Å²) in [6.07, 6.45) is 3.13. The molecule has 1 aliphatic rings. The summed E-state index contributed by atoms with van der Waals surface area (Å²) in [5.41, 5.74) is 5.15. The first kappa shape index (κ1) is 20.7. The maximum Gasteiger partial charge on any atom is 0.251 e. The third-order valence-corrected chi connectivity index (χ3v) is 4.31. The number of aromatic nitrogens is 1. The smallest absolute Gasteiger partial charge is 0.251 e. The first-order valence-corrected chi connectivity index (χ1v) is 8.42. The number of nitrogens with one attached hydrogen (secondary N) is 1. The average Bonchev–Trinajstić information content (AvgIpc) is 2.56. The largest absolute Gasteiger partial charge is 0.355 e. The molecule has 1 atom stereocenters. The molecule has 0 aromatic carbocycles. The topological polar surface area (TPSA) is 97.4 Å². The molecule has 3 N–H and O–H groups in total. The molecule has 0 spiro atoms. The predicted molar refractivity (Wildman–Crippen MR) is 97.0 cm³/mol. The minimum atomic E-state index is -0.226. The number of nitrogens with zero attached hydrogens (tertiary/aromatic N) is 2.